The monoisotopic (exact) mass is 251 g/mol. The number of carboxylic acid groups (broad SMARTS) is 1. The van der Waals surface area contributed by atoms with Gasteiger partial charge in [-0.1, -0.05) is 6.08 Å². The first-order chi connectivity index (χ1) is 8.27. The van der Waals surface area contributed by atoms with Crippen molar-refractivity contribution in [2.24, 2.45) is 0 Å². The molecule has 18 heavy (non-hydrogen) atoms. The summed E-state index contributed by atoms with van der Waals surface area (Å²) in [4.78, 5) is 12.7. The molecule has 0 saturated heterocycles. The van der Waals surface area contributed by atoms with Crippen molar-refractivity contribution in [2.75, 3.05) is 11.4 Å². The summed E-state index contributed by atoms with van der Waals surface area (Å²) in [5, 5.41) is 8.79. The van der Waals surface area contributed by atoms with Gasteiger partial charge in [0.2, 0.25) is 0 Å². The predicted octanol–water partition coefficient (Wildman–Crippen LogP) is 3.31. The molecule has 3 nitrogen and oxygen atoms in total. The minimum atomic E-state index is -1.26. The highest BCUT2D eigenvalue weighted by atomic mass is 19.1. The molecule has 0 aromatic heterocycles. The number of hydrogen-bond donors (Lipinski definition) is 1. The van der Waals surface area contributed by atoms with Crippen molar-refractivity contribution in [3.8, 4) is 0 Å². The molecule has 0 unspecified atom stereocenters. The third-order valence-corrected chi connectivity index (χ3v) is 2.62. The lowest BCUT2D eigenvalue weighted by molar-refractivity contribution is 0.0692. The zero-order valence-corrected chi connectivity index (χ0v) is 10.9. The van der Waals surface area contributed by atoms with Crippen LogP contribution in [0.15, 0.2) is 30.9 Å². The smallest absolute Gasteiger partial charge is 0.338 e. The summed E-state index contributed by atoms with van der Waals surface area (Å²) in [6.45, 7) is 10.2. The lowest BCUT2D eigenvalue weighted by atomic mass is 10.0. The molecule has 1 rings (SSSR count). The van der Waals surface area contributed by atoms with E-state index in [9.17, 15) is 9.18 Å². The largest absolute Gasteiger partial charge is 0.478 e. The Morgan fingerprint density at radius 3 is 2.50 bits per heavy atom. The molecule has 0 fully saturated rings. The first kappa shape index (κ1) is 14.2. The average molecular weight is 251 g/mol. The second-order valence-corrected chi connectivity index (χ2v) is 5.04. The number of rotatable bonds is 4. The maximum Gasteiger partial charge on any atom is 0.338 e. The molecule has 1 N–H and O–H groups in total. The number of carboxylic acids is 1. The van der Waals surface area contributed by atoms with Crippen molar-refractivity contribution in [1.29, 1.82) is 0 Å². The van der Waals surface area contributed by atoms with Crippen molar-refractivity contribution in [2.45, 2.75) is 26.3 Å². The van der Waals surface area contributed by atoms with E-state index in [1.165, 1.54) is 12.1 Å². The van der Waals surface area contributed by atoms with E-state index in [4.69, 9.17) is 5.11 Å². The molecular formula is C14H18FNO2. The summed E-state index contributed by atoms with van der Waals surface area (Å²) < 4.78 is 13.7. The normalized spacial score (nSPS) is 11.1. The van der Waals surface area contributed by atoms with Crippen molar-refractivity contribution < 1.29 is 14.3 Å². The molecule has 0 aliphatic carbocycles. The van der Waals surface area contributed by atoms with Gasteiger partial charge in [-0.05, 0) is 39.0 Å². The van der Waals surface area contributed by atoms with Gasteiger partial charge in [-0.2, -0.15) is 0 Å². The first-order valence-electron chi connectivity index (χ1n) is 5.68. The zero-order valence-electron chi connectivity index (χ0n) is 10.9. The Labute approximate surface area is 107 Å². The van der Waals surface area contributed by atoms with E-state index in [0.29, 0.717) is 12.2 Å². The molecule has 0 aliphatic rings. The molecule has 0 radical (unpaired) electrons. The molecule has 98 valence electrons. The number of carbonyl (C=O) groups is 1. The fourth-order valence-electron chi connectivity index (χ4n) is 1.74. The zero-order chi connectivity index (χ0) is 13.9. The van der Waals surface area contributed by atoms with Gasteiger partial charge in [0.05, 0.1) is 5.56 Å². The highest BCUT2D eigenvalue weighted by Crippen LogP contribution is 2.25. The third-order valence-electron chi connectivity index (χ3n) is 2.62. The maximum absolute atomic E-state index is 13.7. The van der Waals surface area contributed by atoms with Gasteiger partial charge in [-0.25, -0.2) is 9.18 Å². The number of nitrogens with zero attached hydrogens (tertiary/aromatic N) is 1. The van der Waals surface area contributed by atoms with Crippen LogP contribution < -0.4 is 4.90 Å². The molecule has 1 aromatic carbocycles. The fourth-order valence-corrected chi connectivity index (χ4v) is 1.74. The van der Waals surface area contributed by atoms with E-state index in [1.54, 1.807) is 12.1 Å². The van der Waals surface area contributed by atoms with Crippen LogP contribution in [0.2, 0.25) is 0 Å². The first-order valence-corrected chi connectivity index (χ1v) is 5.68. The Morgan fingerprint density at radius 1 is 1.50 bits per heavy atom. The number of hydrogen-bond acceptors (Lipinski definition) is 2. The van der Waals surface area contributed by atoms with Crippen LogP contribution in [-0.2, 0) is 0 Å². The molecule has 0 aliphatic heterocycles. The van der Waals surface area contributed by atoms with E-state index in [0.717, 1.165) is 0 Å². The minimum Gasteiger partial charge on any atom is -0.478 e. The molecule has 0 amide bonds. The van der Waals surface area contributed by atoms with E-state index in [1.807, 2.05) is 25.7 Å². The third kappa shape index (κ3) is 3.09. The molecule has 1 aromatic rings. The Bertz CT molecular complexity index is 463. The number of aromatic carboxylic acids is 1. The van der Waals surface area contributed by atoms with E-state index >= 15 is 0 Å². The fraction of sp³-hybridized carbons (Fsp3) is 0.357. The molecule has 0 heterocycles. The van der Waals surface area contributed by atoms with Crippen LogP contribution in [0, 0.1) is 5.82 Å². The van der Waals surface area contributed by atoms with Gasteiger partial charge >= 0.3 is 5.97 Å². The molecule has 0 bridgehead atoms. The summed E-state index contributed by atoms with van der Waals surface area (Å²) in [7, 11) is 0. The summed E-state index contributed by atoms with van der Waals surface area (Å²) in [6.07, 6.45) is 1.73. The van der Waals surface area contributed by atoms with E-state index in [2.05, 4.69) is 6.58 Å². The quantitative estimate of drug-likeness (QED) is 0.834. The van der Waals surface area contributed by atoms with Gasteiger partial charge in [-0.15, -0.1) is 6.58 Å². The van der Waals surface area contributed by atoms with Crippen LogP contribution >= 0.6 is 0 Å². The lowest BCUT2D eigenvalue weighted by Crippen LogP contribution is -2.41. The topological polar surface area (TPSA) is 40.5 Å². The number of benzene rings is 1. The lowest BCUT2D eigenvalue weighted by Gasteiger charge is -2.37. The predicted molar refractivity (Wildman–Crippen MR) is 70.7 cm³/mol. The van der Waals surface area contributed by atoms with Gasteiger partial charge in [0.1, 0.15) is 5.82 Å². The molecule has 0 saturated carbocycles. The maximum atomic E-state index is 13.7. The Kier molecular flexibility index (Phi) is 4.11. The van der Waals surface area contributed by atoms with E-state index in [-0.39, 0.29) is 11.1 Å². The Balaban J connectivity index is 3.19. The van der Waals surface area contributed by atoms with Crippen LogP contribution in [0.25, 0.3) is 0 Å². The highest BCUT2D eigenvalue weighted by molar-refractivity contribution is 5.88. The molecule has 0 spiro atoms. The summed E-state index contributed by atoms with van der Waals surface area (Å²) in [5.41, 5.74) is 0.127. The van der Waals surface area contributed by atoms with Crippen LogP contribution in [0.4, 0.5) is 10.1 Å². The average Bonchev–Trinajstić information content (AvgIpc) is 2.23. The van der Waals surface area contributed by atoms with Gasteiger partial charge in [0.25, 0.3) is 0 Å². The second kappa shape index (κ2) is 5.21. The summed E-state index contributed by atoms with van der Waals surface area (Å²) >= 11 is 0. The standard InChI is InChI=1S/C14H18FNO2/c1-5-8-16(14(2,3)4)10-6-7-11(13(17)18)12(15)9-10/h5-7,9H,1,8H2,2-4H3,(H,17,18). The minimum absolute atomic E-state index is 0.203. The van der Waals surface area contributed by atoms with Crippen LogP contribution in [0.5, 0.6) is 0 Å². The number of anilines is 1. The van der Waals surface area contributed by atoms with E-state index < -0.39 is 11.8 Å². The van der Waals surface area contributed by atoms with Crippen molar-refractivity contribution in [1.82, 2.24) is 0 Å². The molecule has 4 heteroatoms. The van der Waals surface area contributed by atoms with Gasteiger partial charge in [0.15, 0.2) is 0 Å². The van der Waals surface area contributed by atoms with Crippen LogP contribution in [0.3, 0.4) is 0 Å². The van der Waals surface area contributed by atoms with Gasteiger partial charge in [0, 0.05) is 17.8 Å². The summed E-state index contributed by atoms with van der Waals surface area (Å²) in [5.74, 6) is -1.98. The second-order valence-electron chi connectivity index (χ2n) is 5.04. The highest BCUT2D eigenvalue weighted by Gasteiger charge is 2.22. The Morgan fingerprint density at radius 2 is 2.11 bits per heavy atom. The van der Waals surface area contributed by atoms with Crippen molar-refractivity contribution in [3.05, 3.63) is 42.2 Å². The SMILES string of the molecule is C=CCN(c1ccc(C(=O)O)c(F)c1)C(C)(C)C. The van der Waals surface area contributed by atoms with Gasteiger partial charge < -0.3 is 10.0 Å². The Hall–Kier alpha value is -1.84. The van der Waals surface area contributed by atoms with Crippen LogP contribution in [0.1, 0.15) is 31.1 Å². The van der Waals surface area contributed by atoms with Crippen molar-refractivity contribution >= 4 is 11.7 Å². The van der Waals surface area contributed by atoms with Crippen molar-refractivity contribution in [3.63, 3.8) is 0 Å². The molecular weight excluding hydrogens is 233 g/mol. The summed E-state index contributed by atoms with van der Waals surface area (Å²) in [6, 6.07) is 4.15. The van der Waals surface area contributed by atoms with Crippen LogP contribution in [-0.4, -0.2) is 23.2 Å². The van der Waals surface area contributed by atoms with Gasteiger partial charge in [-0.3, -0.25) is 0 Å². The number of halogens is 1. The molecule has 0 atom stereocenters.